The second kappa shape index (κ2) is 61.4. The molecule has 0 rings (SSSR count). The van der Waals surface area contributed by atoms with Crippen molar-refractivity contribution in [3.63, 3.8) is 0 Å². The molecule has 6 nitrogen and oxygen atoms in total. The normalized spacial score (nSPS) is 12.1. The van der Waals surface area contributed by atoms with Crippen LogP contribution < -0.4 is 0 Å². The largest absolute Gasteiger partial charge is 0.462 e. The van der Waals surface area contributed by atoms with Crippen molar-refractivity contribution >= 4 is 17.9 Å². The van der Waals surface area contributed by atoms with Gasteiger partial charge in [0.1, 0.15) is 13.2 Å². The fourth-order valence-electron chi connectivity index (χ4n) is 9.82. The van der Waals surface area contributed by atoms with Crippen molar-refractivity contribution in [3.8, 4) is 0 Å². The van der Waals surface area contributed by atoms with Gasteiger partial charge in [0.05, 0.1) is 0 Å². The quantitative estimate of drug-likeness (QED) is 0.0261. The molecule has 0 radical (unpaired) electrons. The van der Waals surface area contributed by atoms with Crippen molar-refractivity contribution in [2.24, 2.45) is 0 Å². The summed E-state index contributed by atoms with van der Waals surface area (Å²) < 4.78 is 16.9. The Hall–Kier alpha value is -2.11. The molecule has 0 heterocycles. The van der Waals surface area contributed by atoms with Gasteiger partial charge in [0.15, 0.2) is 6.10 Å². The van der Waals surface area contributed by atoms with Crippen LogP contribution in [0.3, 0.4) is 0 Å². The molecule has 0 aliphatic rings. The minimum absolute atomic E-state index is 0.0713. The Kier molecular flexibility index (Phi) is 59.6. The highest BCUT2D eigenvalue weighted by molar-refractivity contribution is 5.71. The van der Waals surface area contributed by atoms with Crippen LogP contribution in [0.15, 0.2) is 24.3 Å². The van der Waals surface area contributed by atoms with Gasteiger partial charge < -0.3 is 14.2 Å². The molecule has 0 aromatic rings. The summed E-state index contributed by atoms with van der Waals surface area (Å²) in [7, 11) is 0. The molecule has 0 aliphatic carbocycles. The maximum Gasteiger partial charge on any atom is 0.306 e. The molecular weight excluding hydrogens is 889 g/mol. The lowest BCUT2D eigenvalue weighted by Gasteiger charge is -2.18. The van der Waals surface area contributed by atoms with Crippen LogP contribution in [0.4, 0.5) is 0 Å². The molecule has 1 unspecified atom stereocenters. The minimum Gasteiger partial charge on any atom is -0.462 e. The standard InChI is InChI=1S/C66H124O6/c1-4-7-10-13-16-19-22-25-27-28-29-30-31-32-33-34-35-36-37-38-39-42-44-47-50-53-56-59-65(68)71-62-63(61-70-64(67)58-55-52-49-46-43-40-24-21-18-15-12-9-6-3)72-66(69)60-57-54-51-48-45-41-26-23-20-17-14-11-8-5-2/h14,17,23,26,63H,4-13,15-16,18-22,24-25,27-62H2,1-3H3/b17-14-,26-23-. The third-order valence-electron chi connectivity index (χ3n) is 14.7. The zero-order chi connectivity index (χ0) is 52.2. The summed E-state index contributed by atoms with van der Waals surface area (Å²) >= 11 is 0. The van der Waals surface area contributed by atoms with E-state index in [1.807, 2.05) is 0 Å². The van der Waals surface area contributed by atoms with Crippen LogP contribution in [0.25, 0.3) is 0 Å². The van der Waals surface area contributed by atoms with Crippen molar-refractivity contribution in [1.29, 1.82) is 0 Å². The van der Waals surface area contributed by atoms with Gasteiger partial charge in [-0.1, -0.05) is 321 Å². The van der Waals surface area contributed by atoms with Crippen molar-refractivity contribution in [2.75, 3.05) is 13.2 Å². The Balaban J connectivity index is 4.16. The number of rotatable bonds is 60. The molecule has 0 saturated carbocycles. The molecule has 0 aromatic carbocycles. The van der Waals surface area contributed by atoms with Gasteiger partial charge in [0.25, 0.3) is 0 Å². The number of ether oxygens (including phenoxy) is 3. The Labute approximate surface area is 449 Å². The molecule has 1 atom stereocenters. The maximum atomic E-state index is 12.9. The lowest BCUT2D eigenvalue weighted by atomic mass is 10.0. The summed E-state index contributed by atoms with van der Waals surface area (Å²) in [5, 5.41) is 0. The zero-order valence-corrected chi connectivity index (χ0v) is 48.7. The predicted octanol–water partition coefficient (Wildman–Crippen LogP) is 21.8. The number of hydrogen-bond acceptors (Lipinski definition) is 6. The Morgan fingerprint density at radius 1 is 0.278 bits per heavy atom. The van der Waals surface area contributed by atoms with E-state index in [2.05, 4.69) is 45.1 Å². The first-order chi connectivity index (χ1) is 35.5. The molecule has 0 aromatic heterocycles. The van der Waals surface area contributed by atoms with Crippen molar-refractivity contribution in [3.05, 3.63) is 24.3 Å². The van der Waals surface area contributed by atoms with E-state index >= 15 is 0 Å². The number of unbranched alkanes of at least 4 members (excludes halogenated alkanes) is 45. The highest BCUT2D eigenvalue weighted by atomic mass is 16.6. The smallest absolute Gasteiger partial charge is 0.306 e. The van der Waals surface area contributed by atoms with E-state index in [1.54, 1.807) is 0 Å². The third kappa shape index (κ3) is 58.8. The van der Waals surface area contributed by atoms with Crippen molar-refractivity contribution in [1.82, 2.24) is 0 Å². The molecule has 0 bridgehead atoms. The lowest BCUT2D eigenvalue weighted by Crippen LogP contribution is -2.30. The number of carbonyl (C=O) groups is 3. The average molecular weight is 1010 g/mol. The van der Waals surface area contributed by atoms with Gasteiger partial charge in [-0.25, -0.2) is 0 Å². The SMILES string of the molecule is CCCC/C=C\C/C=C\CCCCCCCC(=O)OC(COC(=O)CCCCCCCCCCCCCCC)COC(=O)CCCCCCCCCCCCCCCCCCCCCCCCCCCCC. The third-order valence-corrected chi connectivity index (χ3v) is 14.7. The van der Waals surface area contributed by atoms with Crippen LogP contribution in [0.1, 0.15) is 361 Å². The van der Waals surface area contributed by atoms with E-state index < -0.39 is 6.10 Å². The second-order valence-electron chi connectivity index (χ2n) is 22.0. The molecule has 0 aliphatic heterocycles. The summed E-state index contributed by atoms with van der Waals surface area (Å²) in [6.07, 6.45) is 73.4. The van der Waals surface area contributed by atoms with Crippen LogP contribution in [-0.2, 0) is 28.6 Å². The van der Waals surface area contributed by atoms with Crippen LogP contribution in [0.2, 0.25) is 0 Å². The predicted molar refractivity (Wildman–Crippen MR) is 312 cm³/mol. The Morgan fingerprint density at radius 2 is 0.514 bits per heavy atom. The molecule has 0 saturated heterocycles. The molecule has 6 heteroatoms. The molecule has 72 heavy (non-hydrogen) atoms. The highest BCUT2D eigenvalue weighted by Gasteiger charge is 2.19. The number of allylic oxidation sites excluding steroid dienone is 4. The summed E-state index contributed by atoms with van der Waals surface area (Å²) in [5.74, 6) is -0.860. The van der Waals surface area contributed by atoms with Crippen LogP contribution in [0, 0.1) is 0 Å². The van der Waals surface area contributed by atoms with Crippen LogP contribution in [-0.4, -0.2) is 37.2 Å². The van der Waals surface area contributed by atoms with E-state index in [1.165, 1.54) is 238 Å². The monoisotopic (exact) mass is 1010 g/mol. The molecule has 424 valence electrons. The number of esters is 3. The second-order valence-corrected chi connectivity index (χ2v) is 22.0. The van der Waals surface area contributed by atoms with E-state index in [9.17, 15) is 14.4 Å². The van der Waals surface area contributed by atoms with Gasteiger partial charge in [0, 0.05) is 19.3 Å². The first kappa shape index (κ1) is 69.9. The molecule has 0 fully saturated rings. The number of carbonyl (C=O) groups excluding carboxylic acids is 3. The zero-order valence-electron chi connectivity index (χ0n) is 48.7. The summed E-state index contributed by atoms with van der Waals surface area (Å²) in [6.45, 7) is 6.65. The van der Waals surface area contributed by atoms with E-state index in [-0.39, 0.29) is 31.1 Å². The fourth-order valence-corrected chi connectivity index (χ4v) is 9.82. The fraction of sp³-hybridized carbons (Fsp3) is 0.894. The van der Waals surface area contributed by atoms with Gasteiger partial charge in [-0.3, -0.25) is 14.4 Å². The van der Waals surface area contributed by atoms with Gasteiger partial charge in [-0.2, -0.15) is 0 Å². The summed E-state index contributed by atoms with van der Waals surface area (Å²) in [4.78, 5) is 38.2. The minimum atomic E-state index is -0.774. The first-order valence-corrected chi connectivity index (χ1v) is 32.3. The number of hydrogen-bond donors (Lipinski definition) is 0. The van der Waals surface area contributed by atoms with E-state index in [4.69, 9.17) is 14.2 Å². The molecular formula is C66H124O6. The Morgan fingerprint density at radius 3 is 0.806 bits per heavy atom. The first-order valence-electron chi connectivity index (χ1n) is 32.3. The lowest BCUT2D eigenvalue weighted by molar-refractivity contribution is -0.167. The Bertz CT molecular complexity index is 1160. The molecule has 0 N–H and O–H groups in total. The van der Waals surface area contributed by atoms with Gasteiger partial charge in [0.2, 0.25) is 0 Å². The van der Waals surface area contributed by atoms with E-state index in [0.717, 1.165) is 83.5 Å². The topological polar surface area (TPSA) is 78.9 Å². The highest BCUT2D eigenvalue weighted by Crippen LogP contribution is 2.18. The average Bonchev–Trinajstić information content (AvgIpc) is 3.38. The van der Waals surface area contributed by atoms with Gasteiger partial charge in [-0.15, -0.1) is 0 Å². The van der Waals surface area contributed by atoms with Crippen molar-refractivity contribution < 1.29 is 28.6 Å². The van der Waals surface area contributed by atoms with Crippen LogP contribution in [0.5, 0.6) is 0 Å². The molecule has 0 amide bonds. The van der Waals surface area contributed by atoms with E-state index in [0.29, 0.717) is 19.3 Å². The van der Waals surface area contributed by atoms with Crippen molar-refractivity contribution in [2.45, 2.75) is 367 Å². The summed E-state index contributed by atoms with van der Waals surface area (Å²) in [6, 6.07) is 0. The van der Waals surface area contributed by atoms with Gasteiger partial charge in [-0.05, 0) is 44.9 Å². The molecule has 0 spiro atoms. The summed E-state index contributed by atoms with van der Waals surface area (Å²) in [5.41, 5.74) is 0. The van der Waals surface area contributed by atoms with Crippen LogP contribution >= 0.6 is 0 Å². The van der Waals surface area contributed by atoms with Gasteiger partial charge >= 0.3 is 17.9 Å². The maximum absolute atomic E-state index is 12.9.